The van der Waals surface area contributed by atoms with E-state index in [4.69, 9.17) is 11.6 Å². The van der Waals surface area contributed by atoms with E-state index in [1.54, 1.807) is 0 Å². The normalized spacial score (nSPS) is 11.9. The highest BCUT2D eigenvalue weighted by molar-refractivity contribution is 6.31. The van der Waals surface area contributed by atoms with Gasteiger partial charge >= 0.3 is 0 Å². The van der Waals surface area contributed by atoms with Crippen LogP contribution in [-0.2, 0) is 0 Å². The second-order valence-corrected chi connectivity index (χ2v) is 4.84. The maximum atomic E-state index is 6.22. The van der Waals surface area contributed by atoms with Crippen LogP contribution in [0.3, 0.4) is 0 Å². The number of rotatable bonds is 5. The van der Waals surface area contributed by atoms with Crippen LogP contribution in [0.15, 0.2) is 71.8 Å². The third kappa shape index (κ3) is 5.15. The molecule has 0 nitrogen and oxygen atoms in total. The predicted octanol–water partition coefficient (Wildman–Crippen LogP) is 5.76. The van der Waals surface area contributed by atoms with Crippen molar-refractivity contribution < 1.29 is 0 Å². The molecule has 0 aromatic heterocycles. The largest absolute Gasteiger partial charge is 0.0891 e. The molecule has 0 bridgehead atoms. The zero-order chi connectivity index (χ0) is 13.3. The fraction of sp³-hybridized carbons (Fsp3) is 0.111. The van der Waals surface area contributed by atoms with E-state index in [9.17, 15) is 0 Å². The van der Waals surface area contributed by atoms with Crippen LogP contribution in [0, 0.1) is 0 Å². The molecule has 1 heteroatoms. The monoisotopic (exact) mass is 268 g/mol. The summed E-state index contributed by atoms with van der Waals surface area (Å²) in [5.74, 6) is 0. The minimum atomic E-state index is 0.875. The van der Waals surface area contributed by atoms with Crippen LogP contribution in [-0.4, -0.2) is 0 Å². The van der Waals surface area contributed by atoms with E-state index in [0.717, 1.165) is 23.4 Å². The Labute approximate surface area is 120 Å². The molecule has 0 atom stereocenters. The average molecular weight is 269 g/mol. The first kappa shape index (κ1) is 13.6. The van der Waals surface area contributed by atoms with Crippen molar-refractivity contribution >= 4 is 23.8 Å². The van der Waals surface area contributed by atoms with Gasteiger partial charge in [-0.05, 0) is 30.0 Å². The molecule has 0 N–H and O–H groups in total. The number of allylic oxidation sites excluding steroid dienone is 2. The van der Waals surface area contributed by atoms with Crippen molar-refractivity contribution in [3.05, 3.63) is 82.9 Å². The minimum absolute atomic E-state index is 0.875. The van der Waals surface area contributed by atoms with Gasteiger partial charge in [0, 0.05) is 5.03 Å². The van der Waals surface area contributed by atoms with Gasteiger partial charge in [0.1, 0.15) is 0 Å². The highest BCUT2D eigenvalue weighted by Gasteiger charge is 1.92. The van der Waals surface area contributed by atoms with Crippen LogP contribution in [0.1, 0.15) is 24.0 Å². The molecular formula is C18H17Cl. The number of benzene rings is 2. The lowest BCUT2D eigenvalue weighted by Crippen LogP contribution is -1.75. The van der Waals surface area contributed by atoms with Crippen molar-refractivity contribution in [2.45, 2.75) is 12.8 Å². The molecule has 0 fully saturated rings. The Morgan fingerprint density at radius 2 is 1.42 bits per heavy atom. The van der Waals surface area contributed by atoms with Crippen molar-refractivity contribution in [3.63, 3.8) is 0 Å². The van der Waals surface area contributed by atoms with Gasteiger partial charge in [-0.1, -0.05) is 84.4 Å². The summed E-state index contributed by atoms with van der Waals surface area (Å²) in [7, 11) is 0. The first-order valence-electron chi connectivity index (χ1n) is 6.47. The Kier molecular flexibility index (Phi) is 5.46. The van der Waals surface area contributed by atoms with Crippen LogP contribution in [0.4, 0.5) is 0 Å². The molecule has 2 aromatic carbocycles. The average Bonchev–Trinajstić information content (AvgIpc) is 2.46. The van der Waals surface area contributed by atoms with Gasteiger partial charge in [-0.3, -0.25) is 0 Å². The van der Waals surface area contributed by atoms with Crippen LogP contribution in [0.2, 0.25) is 0 Å². The highest BCUT2D eigenvalue weighted by Crippen LogP contribution is 2.16. The van der Waals surface area contributed by atoms with E-state index in [-0.39, 0.29) is 0 Å². The van der Waals surface area contributed by atoms with E-state index in [2.05, 4.69) is 36.4 Å². The van der Waals surface area contributed by atoms with E-state index < -0.39 is 0 Å². The van der Waals surface area contributed by atoms with Crippen molar-refractivity contribution in [2.75, 3.05) is 0 Å². The Morgan fingerprint density at radius 3 is 2.05 bits per heavy atom. The van der Waals surface area contributed by atoms with Crippen LogP contribution >= 0.6 is 11.6 Å². The molecule has 0 saturated carbocycles. The molecular weight excluding hydrogens is 252 g/mol. The second-order valence-electron chi connectivity index (χ2n) is 4.35. The molecule has 0 spiro atoms. The summed E-state index contributed by atoms with van der Waals surface area (Å²) < 4.78 is 0. The lowest BCUT2D eigenvalue weighted by Gasteiger charge is -1.97. The fourth-order valence-corrected chi connectivity index (χ4v) is 2.04. The quantitative estimate of drug-likeness (QED) is 0.647. The van der Waals surface area contributed by atoms with Gasteiger partial charge in [-0.15, -0.1) is 0 Å². The maximum absolute atomic E-state index is 6.22. The maximum Gasteiger partial charge on any atom is 0.0190 e. The van der Waals surface area contributed by atoms with Crippen molar-refractivity contribution in [1.29, 1.82) is 0 Å². The topological polar surface area (TPSA) is 0 Å². The lowest BCUT2D eigenvalue weighted by molar-refractivity contribution is 1.04. The third-order valence-electron chi connectivity index (χ3n) is 2.78. The van der Waals surface area contributed by atoms with Crippen molar-refractivity contribution in [2.24, 2.45) is 0 Å². The first-order valence-corrected chi connectivity index (χ1v) is 6.85. The molecule has 19 heavy (non-hydrogen) atoms. The van der Waals surface area contributed by atoms with Gasteiger partial charge in [-0.25, -0.2) is 0 Å². The standard InChI is InChI=1S/C18H17Cl/c19-18(15-17-12-5-2-6-13-17)14-8-7-11-16-9-3-1-4-10-16/h1-7,9-13,15H,8,14H2. The molecule has 0 unspecified atom stereocenters. The highest BCUT2D eigenvalue weighted by atomic mass is 35.5. The molecule has 2 rings (SSSR count). The smallest absolute Gasteiger partial charge is 0.0190 e. The van der Waals surface area contributed by atoms with Crippen LogP contribution in [0.5, 0.6) is 0 Å². The SMILES string of the molecule is ClC(=Cc1ccccc1)CCC=Cc1ccccc1. The summed E-state index contributed by atoms with van der Waals surface area (Å²) in [6.45, 7) is 0. The lowest BCUT2D eigenvalue weighted by atomic mass is 10.1. The van der Waals surface area contributed by atoms with E-state index >= 15 is 0 Å². The third-order valence-corrected chi connectivity index (χ3v) is 3.08. The summed E-state index contributed by atoms with van der Waals surface area (Å²) in [6, 6.07) is 20.5. The number of hydrogen-bond acceptors (Lipinski definition) is 0. The van der Waals surface area contributed by atoms with Crippen LogP contribution < -0.4 is 0 Å². The number of halogens is 1. The molecule has 0 amide bonds. The molecule has 0 heterocycles. The van der Waals surface area contributed by atoms with E-state index in [0.29, 0.717) is 0 Å². The summed E-state index contributed by atoms with van der Waals surface area (Å²) in [5, 5.41) is 0.893. The predicted molar refractivity (Wildman–Crippen MR) is 85.0 cm³/mol. The molecule has 2 aromatic rings. The zero-order valence-electron chi connectivity index (χ0n) is 10.8. The Morgan fingerprint density at radius 1 is 0.842 bits per heavy atom. The van der Waals surface area contributed by atoms with Crippen molar-refractivity contribution in [1.82, 2.24) is 0 Å². The summed E-state index contributed by atoms with van der Waals surface area (Å²) in [6.07, 6.45) is 8.15. The van der Waals surface area contributed by atoms with E-state index in [1.807, 2.05) is 42.5 Å². The molecule has 0 saturated heterocycles. The Bertz CT molecular complexity index is 538. The number of hydrogen-bond donors (Lipinski definition) is 0. The zero-order valence-corrected chi connectivity index (χ0v) is 11.6. The molecule has 96 valence electrons. The molecule has 0 aliphatic rings. The van der Waals surface area contributed by atoms with Gasteiger partial charge in [0.25, 0.3) is 0 Å². The van der Waals surface area contributed by atoms with Gasteiger partial charge in [0.2, 0.25) is 0 Å². The minimum Gasteiger partial charge on any atom is -0.0891 e. The molecule has 0 aliphatic carbocycles. The first-order chi connectivity index (χ1) is 9.34. The fourth-order valence-electron chi connectivity index (χ4n) is 1.81. The Balaban J connectivity index is 1.83. The van der Waals surface area contributed by atoms with Crippen LogP contribution in [0.25, 0.3) is 12.2 Å². The van der Waals surface area contributed by atoms with Gasteiger partial charge < -0.3 is 0 Å². The molecule has 0 radical (unpaired) electrons. The summed E-state index contributed by atoms with van der Waals surface area (Å²) in [5.41, 5.74) is 2.38. The van der Waals surface area contributed by atoms with Gasteiger partial charge in [0.05, 0.1) is 0 Å². The molecule has 0 aliphatic heterocycles. The van der Waals surface area contributed by atoms with Crippen molar-refractivity contribution in [3.8, 4) is 0 Å². The van der Waals surface area contributed by atoms with Gasteiger partial charge in [0.15, 0.2) is 0 Å². The summed E-state index contributed by atoms with van der Waals surface area (Å²) in [4.78, 5) is 0. The van der Waals surface area contributed by atoms with Gasteiger partial charge in [-0.2, -0.15) is 0 Å². The summed E-state index contributed by atoms with van der Waals surface area (Å²) >= 11 is 6.22. The Hall–Kier alpha value is -1.79. The second kappa shape index (κ2) is 7.60. The van der Waals surface area contributed by atoms with E-state index in [1.165, 1.54) is 5.56 Å².